The Hall–Kier alpha value is -4.38. The van der Waals surface area contributed by atoms with Crippen molar-refractivity contribution in [2.45, 2.75) is 64.0 Å². The number of amides is 1. The van der Waals surface area contributed by atoms with Gasteiger partial charge in [-0.25, -0.2) is 4.79 Å². The number of nitrogens with zero attached hydrogens (tertiary/aromatic N) is 6. The lowest BCUT2D eigenvalue weighted by Crippen LogP contribution is -2.34. The van der Waals surface area contributed by atoms with E-state index in [1.54, 1.807) is 13.8 Å². The number of tetrazole rings is 1. The first kappa shape index (κ1) is 31.1. The molecule has 2 aromatic carbocycles. The summed E-state index contributed by atoms with van der Waals surface area (Å²) in [6.45, 7) is 2.63. The number of benzene rings is 2. The average molecular weight is 637 g/mol. The molecule has 1 amide bonds. The fourth-order valence-corrected chi connectivity index (χ4v) is 5.02. The third-order valence-corrected chi connectivity index (χ3v) is 6.75. The van der Waals surface area contributed by atoms with Crippen molar-refractivity contribution in [3.63, 3.8) is 0 Å². The number of halogens is 8. The van der Waals surface area contributed by atoms with Gasteiger partial charge < -0.3 is 19.1 Å². The molecule has 44 heavy (non-hydrogen) atoms. The molecule has 10 nitrogen and oxygen atoms in total. The largest absolute Gasteiger partial charge is 0.586 e. The summed E-state index contributed by atoms with van der Waals surface area (Å²) in [4.78, 5) is 16.6. The van der Waals surface area contributed by atoms with E-state index >= 15 is 0 Å². The molecular formula is C26H24F8N6O4. The predicted molar refractivity (Wildman–Crippen MR) is 135 cm³/mol. The van der Waals surface area contributed by atoms with E-state index in [4.69, 9.17) is 4.74 Å². The minimum absolute atomic E-state index is 0.00833. The quantitative estimate of drug-likeness (QED) is 0.295. The van der Waals surface area contributed by atoms with Crippen molar-refractivity contribution in [1.82, 2.24) is 20.2 Å². The van der Waals surface area contributed by atoms with Gasteiger partial charge >= 0.3 is 24.7 Å². The van der Waals surface area contributed by atoms with Crippen molar-refractivity contribution in [3.05, 3.63) is 52.6 Å². The van der Waals surface area contributed by atoms with Gasteiger partial charge in [-0.3, -0.25) is 4.90 Å². The number of carbonyl (C=O) groups excluding carboxylic acids is 1. The van der Waals surface area contributed by atoms with Crippen molar-refractivity contribution in [2.75, 3.05) is 16.3 Å². The van der Waals surface area contributed by atoms with Crippen LogP contribution >= 0.6 is 0 Å². The number of carbonyl (C=O) groups is 1. The molecule has 1 atom stereocenters. The smallest absolute Gasteiger partial charge is 0.446 e. The zero-order chi connectivity index (χ0) is 32.2. The molecule has 1 unspecified atom stereocenters. The highest BCUT2D eigenvalue weighted by Crippen LogP contribution is 2.49. The second-order valence-electron chi connectivity index (χ2n) is 10.4. The SMILES string of the molecule is CC(C)OC(=O)N1CCCC(N(Cc2cc(C(F)(F)F)cc(C(F)(F)F)c2)c2nnn(C)n2)c2cc3c(cc21)OC(F)(F)O3. The van der Waals surface area contributed by atoms with Gasteiger partial charge in [0.1, 0.15) is 0 Å². The lowest BCUT2D eigenvalue weighted by molar-refractivity contribution is -0.286. The van der Waals surface area contributed by atoms with Crippen LogP contribution in [-0.2, 0) is 30.7 Å². The molecular weight excluding hydrogens is 612 g/mol. The van der Waals surface area contributed by atoms with Crippen LogP contribution in [0.5, 0.6) is 11.5 Å². The Morgan fingerprint density at radius 3 is 2.20 bits per heavy atom. The molecule has 0 radical (unpaired) electrons. The Morgan fingerprint density at radius 1 is 1.05 bits per heavy atom. The maximum absolute atomic E-state index is 14.0. The Kier molecular flexibility index (Phi) is 7.74. The molecule has 238 valence electrons. The summed E-state index contributed by atoms with van der Waals surface area (Å²) in [6, 6.07) is 2.48. The number of fused-ring (bicyclic) bond motifs is 2. The molecule has 18 heteroatoms. The highest BCUT2D eigenvalue weighted by Gasteiger charge is 2.46. The summed E-state index contributed by atoms with van der Waals surface area (Å²) in [6.07, 6.45) is -15.2. The van der Waals surface area contributed by atoms with Crippen LogP contribution in [0.2, 0.25) is 0 Å². The molecule has 5 rings (SSSR count). The molecule has 0 bridgehead atoms. The first-order valence-corrected chi connectivity index (χ1v) is 13.1. The Bertz CT molecular complexity index is 1530. The average Bonchev–Trinajstić information content (AvgIpc) is 3.40. The van der Waals surface area contributed by atoms with Crippen LogP contribution in [0.4, 0.5) is 51.6 Å². The fraction of sp³-hybridized carbons (Fsp3) is 0.462. The molecule has 1 aromatic heterocycles. The minimum Gasteiger partial charge on any atom is -0.446 e. The molecule has 2 aliphatic heterocycles. The van der Waals surface area contributed by atoms with E-state index in [0.29, 0.717) is 12.1 Å². The van der Waals surface area contributed by atoms with Gasteiger partial charge in [-0.15, -0.1) is 13.9 Å². The summed E-state index contributed by atoms with van der Waals surface area (Å²) in [5.41, 5.74) is -3.24. The number of ether oxygens (including phenoxy) is 3. The number of anilines is 2. The molecule has 0 aliphatic carbocycles. The van der Waals surface area contributed by atoms with E-state index < -0.39 is 71.6 Å². The first-order valence-electron chi connectivity index (χ1n) is 13.1. The maximum atomic E-state index is 14.0. The van der Waals surface area contributed by atoms with Crippen LogP contribution < -0.4 is 19.3 Å². The Morgan fingerprint density at radius 2 is 1.66 bits per heavy atom. The molecule has 0 saturated heterocycles. The van der Waals surface area contributed by atoms with Gasteiger partial charge in [-0.1, -0.05) is 5.10 Å². The molecule has 0 N–H and O–H groups in total. The lowest BCUT2D eigenvalue weighted by Gasteiger charge is -2.32. The van der Waals surface area contributed by atoms with Gasteiger partial charge in [-0.2, -0.15) is 31.1 Å². The second kappa shape index (κ2) is 11.0. The van der Waals surface area contributed by atoms with Crippen molar-refractivity contribution in [3.8, 4) is 11.5 Å². The number of aryl methyl sites for hydroxylation is 1. The summed E-state index contributed by atoms with van der Waals surface area (Å²) in [5.74, 6) is -0.979. The number of hydrogen-bond donors (Lipinski definition) is 0. The van der Waals surface area contributed by atoms with E-state index in [1.165, 1.54) is 22.9 Å². The van der Waals surface area contributed by atoms with Crippen LogP contribution in [-0.4, -0.2) is 45.2 Å². The molecule has 0 saturated carbocycles. The summed E-state index contributed by atoms with van der Waals surface area (Å²) >= 11 is 0. The molecule has 2 aliphatic rings. The van der Waals surface area contributed by atoms with Crippen LogP contribution in [0.15, 0.2) is 30.3 Å². The normalized spacial score (nSPS) is 17.8. The van der Waals surface area contributed by atoms with Gasteiger partial charge in [0, 0.05) is 24.7 Å². The standard InChI is InChI=1S/C26H24F8N6O4/c1-13(2)42-23(41)39-6-4-5-18(17-10-20-21(11-19(17)39)44-26(33,34)43-20)40(22-35-37-38(3)36-22)12-14-7-15(24(27,28)29)9-16(8-14)25(30,31)32/h7-11,13,18H,4-6,12H2,1-3H3. The molecule has 3 heterocycles. The minimum atomic E-state index is -5.10. The summed E-state index contributed by atoms with van der Waals surface area (Å²) in [7, 11) is 1.39. The zero-order valence-electron chi connectivity index (χ0n) is 23.2. The van der Waals surface area contributed by atoms with Gasteiger partial charge in [0.25, 0.3) is 5.95 Å². The third-order valence-electron chi connectivity index (χ3n) is 6.75. The zero-order valence-corrected chi connectivity index (χ0v) is 23.2. The third kappa shape index (κ3) is 6.42. The lowest BCUT2D eigenvalue weighted by atomic mass is 9.97. The summed E-state index contributed by atoms with van der Waals surface area (Å²) < 4.78 is 124. The van der Waals surface area contributed by atoms with Gasteiger partial charge in [0.2, 0.25) is 0 Å². The van der Waals surface area contributed by atoms with Crippen molar-refractivity contribution in [2.24, 2.45) is 7.05 Å². The monoisotopic (exact) mass is 636 g/mol. The fourth-order valence-electron chi connectivity index (χ4n) is 5.02. The first-order chi connectivity index (χ1) is 20.4. The van der Waals surface area contributed by atoms with Crippen LogP contribution in [0.25, 0.3) is 0 Å². The van der Waals surface area contributed by atoms with Crippen molar-refractivity contribution < 1.29 is 54.1 Å². The Balaban J connectivity index is 1.66. The maximum Gasteiger partial charge on any atom is 0.586 e. The van der Waals surface area contributed by atoms with Gasteiger partial charge in [-0.05, 0) is 61.7 Å². The van der Waals surface area contributed by atoms with E-state index in [0.717, 1.165) is 10.9 Å². The van der Waals surface area contributed by atoms with Crippen LogP contribution in [0.1, 0.15) is 55.0 Å². The van der Waals surface area contributed by atoms with Crippen LogP contribution in [0, 0.1) is 0 Å². The number of alkyl halides is 8. The number of hydrogen-bond acceptors (Lipinski definition) is 8. The summed E-state index contributed by atoms with van der Waals surface area (Å²) in [5, 5.41) is 11.8. The highest BCUT2D eigenvalue weighted by molar-refractivity contribution is 5.90. The van der Waals surface area contributed by atoms with Gasteiger partial charge in [0.15, 0.2) is 11.5 Å². The van der Waals surface area contributed by atoms with E-state index in [-0.39, 0.29) is 42.7 Å². The number of rotatable bonds is 5. The van der Waals surface area contributed by atoms with Gasteiger partial charge in [0.05, 0.1) is 36.0 Å². The molecule has 0 fully saturated rings. The van der Waals surface area contributed by atoms with E-state index in [2.05, 4.69) is 24.9 Å². The second-order valence-corrected chi connectivity index (χ2v) is 10.4. The van der Waals surface area contributed by atoms with E-state index in [9.17, 15) is 39.9 Å². The molecule has 0 spiro atoms. The highest BCUT2D eigenvalue weighted by atomic mass is 19.4. The van der Waals surface area contributed by atoms with Crippen LogP contribution in [0.3, 0.4) is 0 Å². The van der Waals surface area contributed by atoms with Crippen molar-refractivity contribution in [1.29, 1.82) is 0 Å². The Labute approximate surface area is 244 Å². The number of aromatic nitrogens is 4. The molecule has 3 aromatic rings. The predicted octanol–water partition coefficient (Wildman–Crippen LogP) is 6.46. The van der Waals surface area contributed by atoms with E-state index in [1.807, 2.05) is 0 Å². The van der Waals surface area contributed by atoms with Crippen molar-refractivity contribution >= 4 is 17.7 Å². The topological polar surface area (TPSA) is 94.8 Å².